The van der Waals surface area contributed by atoms with Gasteiger partial charge in [-0.3, -0.25) is 10.1 Å². The summed E-state index contributed by atoms with van der Waals surface area (Å²) in [5.74, 6) is 1.87. The molecule has 100 valence electrons. The van der Waals surface area contributed by atoms with Gasteiger partial charge in [0.2, 0.25) is 0 Å². The summed E-state index contributed by atoms with van der Waals surface area (Å²) in [4.78, 5) is 13.4. The van der Waals surface area contributed by atoms with Gasteiger partial charge in [0.15, 0.2) is 0 Å². The van der Waals surface area contributed by atoms with Crippen LogP contribution in [0.5, 0.6) is 0 Å². The number of thiophene rings is 1. The molecule has 0 aliphatic carbocycles. The number of ether oxygens (including phenoxy) is 1. The maximum atomic E-state index is 12.2. The van der Waals surface area contributed by atoms with E-state index in [1.807, 2.05) is 24.8 Å². The van der Waals surface area contributed by atoms with Crippen LogP contribution in [0.15, 0.2) is 17.5 Å². The number of thioether (sulfide) groups is 1. The average molecular weight is 285 g/mol. The molecule has 18 heavy (non-hydrogen) atoms. The highest BCUT2D eigenvalue weighted by Gasteiger charge is 2.40. The van der Waals surface area contributed by atoms with E-state index in [-0.39, 0.29) is 5.97 Å². The second-order valence-electron chi connectivity index (χ2n) is 4.39. The van der Waals surface area contributed by atoms with E-state index in [0.29, 0.717) is 6.61 Å². The number of carbonyl (C=O) groups excluding carboxylic acids is 1. The molecule has 1 atom stereocenters. The van der Waals surface area contributed by atoms with E-state index in [1.165, 1.54) is 4.88 Å². The summed E-state index contributed by atoms with van der Waals surface area (Å²) in [6.45, 7) is 3.06. The Morgan fingerprint density at radius 1 is 1.61 bits per heavy atom. The molecule has 5 heteroatoms. The fraction of sp³-hybridized carbons (Fsp3) is 0.615. The molecule has 2 rings (SSSR count). The molecular weight excluding hydrogens is 266 g/mol. The summed E-state index contributed by atoms with van der Waals surface area (Å²) in [5.41, 5.74) is -0.483. The number of hydrogen-bond donors (Lipinski definition) is 1. The van der Waals surface area contributed by atoms with Crippen molar-refractivity contribution in [1.82, 2.24) is 5.32 Å². The molecule has 0 aromatic carbocycles. The Labute approximate surface area is 116 Å². The van der Waals surface area contributed by atoms with Crippen molar-refractivity contribution in [1.29, 1.82) is 0 Å². The van der Waals surface area contributed by atoms with E-state index in [4.69, 9.17) is 4.74 Å². The minimum absolute atomic E-state index is 0.0891. The predicted octanol–water partition coefficient (Wildman–Crippen LogP) is 2.67. The molecule has 3 nitrogen and oxygen atoms in total. The van der Waals surface area contributed by atoms with E-state index < -0.39 is 5.54 Å². The zero-order valence-electron chi connectivity index (χ0n) is 10.6. The number of rotatable bonds is 5. The summed E-state index contributed by atoms with van der Waals surface area (Å²) in [6.07, 6.45) is 1.95. The van der Waals surface area contributed by atoms with Crippen LogP contribution in [0, 0.1) is 0 Å². The molecule has 0 spiro atoms. The summed E-state index contributed by atoms with van der Waals surface area (Å²) in [5, 5.41) is 5.50. The lowest BCUT2D eigenvalue weighted by atomic mass is 9.95. The summed E-state index contributed by atoms with van der Waals surface area (Å²) in [6, 6.07) is 4.13. The molecule has 1 unspecified atom stereocenters. The van der Waals surface area contributed by atoms with Gasteiger partial charge in [0.05, 0.1) is 6.61 Å². The van der Waals surface area contributed by atoms with Crippen LogP contribution in [-0.4, -0.2) is 29.6 Å². The number of nitrogens with one attached hydrogen (secondary N) is 1. The fourth-order valence-corrected chi connectivity index (χ4v) is 3.96. The van der Waals surface area contributed by atoms with Crippen molar-refractivity contribution in [2.75, 3.05) is 18.1 Å². The van der Waals surface area contributed by atoms with Crippen LogP contribution in [0.25, 0.3) is 0 Å². The second-order valence-corrected chi connectivity index (χ2v) is 6.53. The van der Waals surface area contributed by atoms with Crippen LogP contribution >= 0.6 is 23.1 Å². The highest BCUT2D eigenvalue weighted by molar-refractivity contribution is 7.99. The minimum Gasteiger partial charge on any atom is -0.465 e. The normalized spacial score (nSPS) is 23.8. The van der Waals surface area contributed by atoms with Crippen LogP contribution in [0.2, 0.25) is 0 Å². The van der Waals surface area contributed by atoms with Gasteiger partial charge < -0.3 is 4.74 Å². The molecule has 1 fully saturated rings. The Morgan fingerprint density at radius 2 is 2.50 bits per heavy atom. The van der Waals surface area contributed by atoms with Crippen molar-refractivity contribution in [3.05, 3.63) is 22.4 Å². The second kappa shape index (κ2) is 6.59. The first-order chi connectivity index (χ1) is 8.77. The van der Waals surface area contributed by atoms with Gasteiger partial charge in [0.1, 0.15) is 5.54 Å². The monoisotopic (exact) mass is 285 g/mol. The van der Waals surface area contributed by atoms with Gasteiger partial charge in [-0.15, -0.1) is 11.3 Å². The predicted molar refractivity (Wildman–Crippen MR) is 77.1 cm³/mol. The highest BCUT2D eigenvalue weighted by atomic mass is 32.2. The molecule has 0 amide bonds. The average Bonchev–Trinajstić information content (AvgIpc) is 2.91. The van der Waals surface area contributed by atoms with E-state index in [9.17, 15) is 4.79 Å². The molecule has 1 aromatic heterocycles. The minimum atomic E-state index is -0.483. The largest absolute Gasteiger partial charge is 0.465 e. The van der Waals surface area contributed by atoms with Gasteiger partial charge in [-0.05, 0) is 37.0 Å². The van der Waals surface area contributed by atoms with Gasteiger partial charge in [-0.1, -0.05) is 6.07 Å². The Balaban J connectivity index is 2.01. The van der Waals surface area contributed by atoms with Crippen LogP contribution in [0.1, 0.15) is 24.6 Å². The van der Waals surface area contributed by atoms with Crippen LogP contribution < -0.4 is 5.32 Å². The first-order valence-electron chi connectivity index (χ1n) is 6.29. The zero-order valence-corrected chi connectivity index (χ0v) is 12.2. The first-order valence-corrected chi connectivity index (χ1v) is 8.33. The lowest BCUT2D eigenvalue weighted by Gasteiger charge is -2.35. The number of esters is 1. The van der Waals surface area contributed by atoms with E-state index >= 15 is 0 Å². The van der Waals surface area contributed by atoms with E-state index in [2.05, 4.69) is 16.8 Å². The van der Waals surface area contributed by atoms with Crippen LogP contribution in [0.3, 0.4) is 0 Å². The zero-order chi connectivity index (χ0) is 12.8. The quantitative estimate of drug-likeness (QED) is 0.844. The van der Waals surface area contributed by atoms with Crippen molar-refractivity contribution >= 4 is 29.1 Å². The maximum Gasteiger partial charge on any atom is 0.327 e. The smallest absolute Gasteiger partial charge is 0.327 e. The molecule has 0 radical (unpaired) electrons. The first kappa shape index (κ1) is 13.9. The van der Waals surface area contributed by atoms with Crippen molar-refractivity contribution < 1.29 is 9.53 Å². The Morgan fingerprint density at radius 3 is 3.11 bits per heavy atom. The molecule has 1 aliphatic heterocycles. The summed E-state index contributed by atoms with van der Waals surface area (Å²) in [7, 11) is 0. The van der Waals surface area contributed by atoms with Crippen molar-refractivity contribution in [3.8, 4) is 0 Å². The third-order valence-electron chi connectivity index (χ3n) is 3.09. The molecular formula is C13H19NO2S2. The third-order valence-corrected chi connectivity index (χ3v) is 5.24. The van der Waals surface area contributed by atoms with Gasteiger partial charge >= 0.3 is 5.97 Å². The molecule has 1 saturated heterocycles. The SMILES string of the molecule is CCOC(=O)C1(NCc2cccs2)CCCSC1. The van der Waals surface area contributed by atoms with Gasteiger partial charge in [-0.2, -0.15) is 11.8 Å². The van der Waals surface area contributed by atoms with E-state index in [1.54, 1.807) is 11.3 Å². The van der Waals surface area contributed by atoms with Gasteiger partial charge in [-0.25, -0.2) is 0 Å². The Kier molecular flexibility index (Phi) is 5.09. The fourth-order valence-electron chi connectivity index (χ4n) is 2.11. The van der Waals surface area contributed by atoms with E-state index in [0.717, 1.165) is 30.9 Å². The van der Waals surface area contributed by atoms with Crippen molar-refractivity contribution in [2.24, 2.45) is 0 Å². The Hall–Kier alpha value is -0.520. The molecule has 0 bridgehead atoms. The maximum absolute atomic E-state index is 12.2. The Bertz CT molecular complexity index is 372. The van der Waals surface area contributed by atoms with Gasteiger partial charge in [0, 0.05) is 17.2 Å². The molecule has 1 aliphatic rings. The number of carbonyl (C=O) groups is 1. The highest BCUT2D eigenvalue weighted by Crippen LogP contribution is 2.28. The van der Waals surface area contributed by atoms with Gasteiger partial charge in [0.25, 0.3) is 0 Å². The number of hydrogen-bond acceptors (Lipinski definition) is 5. The topological polar surface area (TPSA) is 38.3 Å². The molecule has 1 N–H and O–H groups in total. The summed E-state index contributed by atoms with van der Waals surface area (Å²) < 4.78 is 5.24. The summed E-state index contributed by atoms with van der Waals surface area (Å²) >= 11 is 3.55. The third kappa shape index (κ3) is 3.28. The lowest BCUT2D eigenvalue weighted by Crippen LogP contribution is -2.56. The van der Waals surface area contributed by atoms with Crippen molar-refractivity contribution in [3.63, 3.8) is 0 Å². The van der Waals surface area contributed by atoms with Crippen LogP contribution in [0.4, 0.5) is 0 Å². The lowest BCUT2D eigenvalue weighted by molar-refractivity contribution is -0.150. The molecule has 0 saturated carbocycles. The van der Waals surface area contributed by atoms with Crippen LogP contribution in [-0.2, 0) is 16.1 Å². The molecule has 1 aromatic rings. The standard InChI is InChI=1S/C13H19NO2S2/c1-2-16-12(15)13(6-4-7-17-10-13)14-9-11-5-3-8-18-11/h3,5,8,14H,2,4,6-7,9-10H2,1H3. The van der Waals surface area contributed by atoms with Crippen molar-refractivity contribution in [2.45, 2.75) is 31.8 Å². The molecule has 2 heterocycles.